The highest BCUT2D eigenvalue weighted by Crippen LogP contribution is 1.88. The summed E-state index contributed by atoms with van der Waals surface area (Å²) in [5.74, 6) is 0.626. The average Bonchev–Trinajstić information content (AvgIpc) is 1.65. The van der Waals surface area contributed by atoms with E-state index in [-0.39, 0.29) is 23.3 Å². The van der Waals surface area contributed by atoms with E-state index in [0.717, 1.165) is 5.75 Å². The Morgan fingerprint density at radius 3 is 2.22 bits per heavy atom. The zero-order chi connectivity index (χ0) is 6.57. The largest absolute Gasteiger partial charge is 1.00 e. The van der Waals surface area contributed by atoms with Gasteiger partial charge in [-0.15, -0.1) is 0 Å². The molecule has 9 heavy (non-hydrogen) atoms. The summed E-state index contributed by atoms with van der Waals surface area (Å²) in [7, 11) is 0.0934. The molecule has 0 saturated heterocycles. The van der Waals surface area contributed by atoms with E-state index >= 15 is 0 Å². The number of hydrogen-bond donors (Lipinski definition) is 1. The molecule has 1 atom stereocenters. The predicted octanol–water partition coefficient (Wildman–Crippen LogP) is -2.66. The fourth-order valence-corrected chi connectivity index (χ4v) is 0.939. The smallest absolute Gasteiger partial charge is 0.353 e. The lowest BCUT2D eigenvalue weighted by atomic mass is 10.8. The van der Waals surface area contributed by atoms with Crippen LogP contribution in [0.15, 0.2) is 0 Å². The van der Waals surface area contributed by atoms with Crippen molar-refractivity contribution in [3.63, 3.8) is 0 Å². The Balaban J connectivity index is 0. The molecule has 0 aliphatic heterocycles. The van der Waals surface area contributed by atoms with Crippen LogP contribution < -0.4 is 12.4 Å². The molecule has 1 N–H and O–H groups in total. The van der Waals surface area contributed by atoms with Crippen LogP contribution in [-0.2, 0) is 15.7 Å². The number of rotatable bonds is 3. The molecule has 0 rings (SSSR count). The van der Waals surface area contributed by atoms with Gasteiger partial charge >= 0.3 is 5.97 Å². The fourth-order valence-electron chi connectivity index (χ4n) is 0.313. The maximum absolute atomic E-state index is 9.98. The van der Waals surface area contributed by atoms with Crippen LogP contribution >= 0.6 is 0 Å². The molecule has 1 unspecified atom stereocenters. The molecule has 0 spiro atoms. The van der Waals surface area contributed by atoms with Crippen LogP contribution in [0.4, 0.5) is 0 Å². The van der Waals surface area contributed by atoms with E-state index in [9.17, 15) is 4.79 Å². The van der Waals surface area contributed by atoms with Crippen molar-refractivity contribution in [1.82, 2.24) is 0 Å². The summed E-state index contributed by atoms with van der Waals surface area (Å²) in [4.78, 5) is 9.98. The van der Waals surface area contributed by atoms with Crippen LogP contribution in [0.5, 0.6) is 0 Å². The van der Waals surface area contributed by atoms with E-state index in [4.69, 9.17) is 5.11 Å². The highest BCUT2D eigenvalue weighted by atomic mass is 35.5. The van der Waals surface area contributed by atoms with Gasteiger partial charge in [-0.2, -0.15) is 0 Å². The average molecular weight is 171 g/mol. The summed E-state index contributed by atoms with van der Waals surface area (Å²) in [6, 6.07) is 0. The Labute approximate surface area is 64.4 Å². The van der Waals surface area contributed by atoms with Crippen molar-refractivity contribution < 1.29 is 22.3 Å². The maximum Gasteiger partial charge on any atom is 0.353 e. The molecule has 0 fully saturated rings. The summed E-state index contributed by atoms with van der Waals surface area (Å²) in [6.45, 7) is 2.01. The lowest BCUT2D eigenvalue weighted by Crippen LogP contribution is -3.00. The highest BCUT2D eigenvalue weighted by Gasteiger charge is 2.11. The van der Waals surface area contributed by atoms with Gasteiger partial charge in [0.1, 0.15) is 5.75 Å². The molecule has 0 aromatic carbocycles. The van der Waals surface area contributed by atoms with Crippen molar-refractivity contribution in [2.24, 2.45) is 0 Å². The molecule has 0 amide bonds. The molecule has 0 aromatic rings. The predicted molar refractivity (Wildman–Crippen MR) is 36.3 cm³/mol. The Bertz CT molecular complexity index is 87.0. The van der Waals surface area contributed by atoms with Crippen LogP contribution in [0.2, 0.25) is 0 Å². The Kier molecular flexibility index (Phi) is 8.21. The first-order chi connectivity index (χ1) is 3.66. The summed E-state index contributed by atoms with van der Waals surface area (Å²) in [6.07, 6.45) is 1.97. The molecule has 0 aliphatic rings. The molecule has 0 aliphatic carbocycles. The van der Waals surface area contributed by atoms with Gasteiger partial charge in [0.05, 0.1) is 6.26 Å². The maximum atomic E-state index is 9.98. The topological polar surface area (TPSA) is 37.3 Å². The van der Waals surface area contributed by atoms with Gasteiger partial charge in [0.25, 0.3) is 0 Å². The molecule has 0 bridgehead atoms. The van der Waals surface area contributed by atoms with E-state index in [0.29, 0.717) is 5.75 Å². The first-order valence-electron chi connectivity index (χ1n) is 2.47. The molecule has 0 aromatic heterocycles. The molecule has 56 valence electrons. The molecule has 0 saturated carbocycles. The van der Waals surface area contributed by atoms with Crippen molar-refractivity contribution in [1.29, 1.82) is 0 Å². The van der Waals surface area contributed by atoms with Gasteiger partial charge in [-0.3, -0.25) is 0 Å². The van der Waals surface area contributed by atoms with Crippen molar-refractivity contribution in [3.05, 3.63) is 0 Å². The second-order valence-electron chi connectivity index (χ2n) is 1.61. The standard InChI is InChI=1S/C5H10O2S.ClH/c1-3-8(2)4-5(6)7;/h3-4H2,1-2H3;1H. The van der Waals surface area contributed by atoms with Gasteiger partial charge in [0.15, 0.2) is 0 Å². The van der Waals surface area contributed by atoms with E-state index in [2.05, 4.69) is 0 Å². The molecular weight excluding hydrogens is 160 g/mol. The number of carbonyl (C=O) groups is 1. The minimum atomic E-state index is -0.683. The first kappa shape index (κ1) is 11.9. The fraction of sp³-hybridized carbons (Fsp3) is 0.800. The number of halogens is 1. The Morgan fingerprint density at radius 2 is 2.11 bits per heavy atom. The van der Waals surface area contributed by atoms with E-state index in [1.54, 1.807) is 0 Å². The van der Waals surface area contributed by atoms with Gasteiger partial charge in [0, 0.05) is 0 Å². The van der Waals surface area contributed by atoms with Crippen LogP contribution in [0.1, 0.15) is 6.92 Å². The molecule has 0 radical (unpaired) electrons. The highest BCUT2D eigenvalue weighted by molar-refractivity contribution is 7.96. The van der Waals surface area contributed by atoms with E-state index in [1.807, 2.05) is 13.2 Å². The van der Waals surface area contributed by atoms with Crippen molar-refractivity contribution in [2.75, 3.05) is 17.8 Å². The number of carboxylic acid groups (broad SMARTS) is 1. The second kappa shape index (κ2) is 6.23. The van der Waals surface area contributed by atoms with Gasteiger partial charge in [-0.25, -0.2) is 4.79 Å². The van der Waals surface area contributed by atoms with Gasteiger partial charge in [0.2, 0.25) is 5.75 Å². The van der Waals surface area contributed by atoms with Gasteiger partial charge < -0.3 is 17.5 Å². The lowest BCUT2D eigenvalue weighted by molar-refractivity contribution is -0.133. The van der Waals surface area contributed by atoms with Crippen molar-refractivity contribution >= 4 is 16.9 Å². The Hall–Kier alpha value is 0.110. The summed E-state index contributed by atoms with van der Waals surface area (Å²) < 4.78 is 0. The normalized spacial score (nSPS) is 11.8. The number of aliphatic carboxylic acids is 1. The van der Waals surface area contributed by atoms with Gasteiger partial charge in [-0.1, -0.05) is 0 Å². The van der Waals surface area contributed by atoms with Crippen LogP contribution in [0, 0.1) is 0 Å². The van der Waals surface area contributed by atoms with Crippen molar-refractivity contribution in [2.45, 2.75) is 6.92 Å². The number of carboxylic acids is 1. The van der Waals surface area contributed by atoms with Crippen molar-refractivity contribution in [3.8, 4) is 0 Å². The minimum absolute atomic E-state index is 0. The summed E-state index contributed by atoms with van der Waals surface area (Å²) >= 11 is 0. The van der Waals surface area contributed by atoms with Crippen LogP contribution in [0.3, 0.4) is 0 Å². The third-order valence-corrected chi connectivity index (χ3v) is 2.59. The quantitative estimate of drug-likeness (QED) is 0.470. The van der Waals surface area contributed by atoms with Crippen LogP contribution in [0.25, 0.3) is 0 Å². The second-order valence-corrected chi connectivity index (χ2v) is 4.04. The molecule has 4 heteroatoms. The zero-order valence-corrected chi connectivity index (χ0v) is 7.13. The molecular formula is C5H11ClO2S. The summed E-state index contributed by atoms with van der Waals surface area (Å²) in [5, 5.41) is 8.22. The van der Waals surface area contributed by atoms with E-state index < -0.39 is 5.97 Å². The first-order valence-corrected chi connectivity index (χ1v) is 4.45. The lowest BCUT2D eigenvalue weighted by Gasteiger charge is -1.92. The van der Waals surface area contributed by atoms with E-state index in [1.165, 1.54) is 0 Å². The van der Waals surface area contributed by atoms with Crippen LogP contribution in [-0.4, -0.2) is 28.8 Å². The Morgan fingerprint density at radius 1 is 1.67 bits per heavy atom. The minimum Gasteiger partial charge on any atom is -1.00 e. The zero-order valence-electron chi connectivity index (χ0n) is 5.56. The third-order valence-electron chi connectivity index (χ3n) is 0.863. The number of hydrogen-bond acceptors (Lipinski definition) is 1. The summed E-state index contributed by atoms with van der Waals surface area (Å²) in [5.41, 5.74) is 0. The molecule has 2 nitrogen and oxygen atoms in total. The molecule has 0 heterocycles. The van der Waals surface area contributed by atoms with Gasteiger partial charge in [-0.05, 0) is 17.8 Å². The SMILES string of the molecule is CC[S+](C)CC(=O)O.[Cl-]. The monoisotopic (exact) mass is 170 g/mol. The third kappa shape index (κ3) is 8.11.